The monoisotopic (exact) mass is 404 g/mol. The van der Waals surface area contributed by atoms with Crippen molar-refractivity contribution >= 4 is 17.5 Å². The number of amides is 1. The van der Waals surface area contributed by atoms with Gasteiger partial charge in [0.25, 0.3) is 5.91 Å². The first-order chi connectivity index (χ1) is 13.4. The van der Waals surface area contributed by atoms with Crippen LogP contribution in [0, 0.1) is 12.8 Å². The number of aromatic nitrogens is 2. The molecule has 5 nitrogen and oxygen atoms in total. The van der Waals surface area contributed by atoms with Crippen molar-refractivity contribution in [1.29, 1.82) is 0 Å². The number of likely N-dealkylation sites (N-methyl/N-ethyl adjacent to an activating group) is 1. The third kappa shape index (κ3) is 5.82. The molecule has 0 bridgehead atoms. The Morgan fingerprint density at radius 3 is 2.43 bits per heavy atom. The van der Waals surface area contributed by atoms with Gasteiger partial charge in [0.15, 0.2) is 0 Å². The molecule has 0 spiro atoms. The fourth-order valence-electron chi connectivity index (χ4n) is 3.62. The van der Waals surface area contributed by atoms with Crippen LogP contribution in [0.3, 0.4) is 0 Å². The third-order valence-electron chi connectivity index (χ3n) is 5.04. The second-order valence-electron chi connectivity index (χ2n) is 7.61. The van der Waals surface area contributed by atoms with E-state index in [9.17, 15) is 4.79 Å². The maximum Gasteiger partial charge on any atom is 0.256 e. The molecule has 0 aliphatic carbocycles. The topological polar surface area (TPSA) is 50.2 Å². The number of aryl methyl sites for hydroxylation is 1. The highest BCUT2D eigenvalue weighted by atomic mass is 35.5. The van der Waals surface area contributed by atoms with Crippen molar-refractivity contribution in [1.82, 2.24) is 20.0 Å². The van der Waals surface area contributed by atoms with E-state index in [-0.39, 0.29) is 5.91 Å². The van der Waals surface area contributed by atoms with E-state index in [1.807, 2.05) is 37.3 Å². The maximum absolute atomic E-state index is 12.9. The lowest BCUT2D eigenvalue weighted by molar-refractivity contribution is 0.0928. The molecule has 1 unspecified atom stereocenters. The summed E-state index contributed by atoms with van der Waals surface area (Å²) < 4.78 is 1.69. The van der Waals surface area contributed by atoms with Gasteiger partial charge < -0.3 is 5.32 Å². The number of carbonyl (C=O) groups is 1. The van der Waals surface area contributed by atoms with E-state index in [2.05, 4.69) is 43.0 Å². The van der Waals surface area contributed by atoms with Crippen LogP contribution in [0.15, 0.2) is 30.3 Å². The highest BCUT2D eigenvalue weighted by molar-refractivity contribution is 6.33. The smallest absolute Gasteiger partial charge is 0.256 e. The molecule has 6 heteroatoms. The molecule has 28 heavy (non-hydrogen) atoms. The van der Waals surface area contributed by atoms with Crippen molar-refractivity contribution in [2.75, 3.05) is 19.6 Å². The molecule has 0 saturated carbocycles. The summed E-state index contributed by atoms with van der Waals surface area (Å²) in [5.74, 6) is 0.421. The standard InChI is InChI=1S/C22H33ClN4O/c1-6-26(7-2)19(13-16(3)4)14-24-22(28)20-17(5)25-27(21(20)23)15-18-11-9-8-10-12-18/h8-12,16,19H,6-7,13-15H2,1-5H3,(H,24,28). The minimum atomic E-state index is -0.150. The van der Waals surface area contributed by atoms with Crippen LogP contribution in [0.25, 0.3) is 0 Å². The lowest BCUT2D eigenvalue weighted by Gasteiger charge is -2.31. The highest BCUT2D eigenvalue weighted by Crippen LogP contribution is 2.21. The molecular weight excluding hydrogens is 372 g/mol. The first-order valence-corrected chi connectivity index (χ1v) is 10.5. The van der Waals surface area contributed by atoms with Gasteiger partial charge in [0.05, 0.1) is 17.8 Å². The van der Waals surface area contributed by atoms with E-state index in [0.717, 1.165) is 25.1 Å². The van der Waals surface area contributed by atoms with Gasteiger partial charge in [-0.2, -0.15) is 5.10 Å². The summed E-state index contributed by atoms with van der Waals surface area (Å²) in [4.78, 5) is 15.3. The van der Waals surface area contributed by atoms with Crippen molar-refractivity contribution < 1.29 is 4.79 Å². The fourth-order valence-corrected chi connectivity index (χ4v) is 3.94. The fraction of sp³-hybridized carbons (Fsp3) is 0.545. The number of hydrogen-bond acceptors (Lipinski definition) is 3. The van der Waals surface area contributed by atoms with Gasteiger partial charge in [0, 0.05) is 12.6 Å². The van der Waals surface area contributed by atoms with Crippen LogP contribution in [-0.4, -0.2) is 46.3 Å². The summed E-state index contributed by atoms with van der Waals surface area (Å²) in [5, 5.41) is 7.97. The van der Waals surface area contributed by atoms with Crippen molar-refractivity contribution in [3.05, 3.63) is 52.3 Å². The Hall–Kier alpha value is -1.85. The summed E-state index contributed by atoms with van der Waals surface area (Å²) in [7, 11) is 0. The van der Waals surface area contributed by atoms with Crippen LogP contribution in [0.2, 0.25) is 5.15 Å². The molecule has 0 saturated heterocycles. The molecule has 0 aliphatic rings. The molecule has 1 N–H and O–H groups in total. The van der Waals surface area contributed by atoms with Crippen molar-refractivity contribution in [3.63, 3.8) is 0 Å². The molecule has 1 aromatic carbocycles. The van der Waals surface area contributed by atoms with E-state index in [1.54, 1.807) is 4.68 Å². The van der Waals surface area contributed by atoms with E-state index in [4.69, 9.17) is 11.6 Å². The Morgan fingerprint density at radius 2 is 1.86 bits per heavy atom. The summed E-state index contributed by atoms with van der Waals surface area (Å²) >= 11 is 6.52. The Bertz CT molecular complexity index is 753. The zero-order chi connectivity index (χ0) is 20.7. The van der Waals surface area contributed by atoms with Gasteiger partial charge in [-0.25, -0.2) is 4.68 Å². The molecular formula is C22H33ClN4O. The van der Waals surface area contributed by atoms with Gasteiger partial charge in [-0.3, -0.25) is 9.69 Å². The Morgan fingerprint density at radius 1 is 1.21 bits per heavy atom. The van der Waals surface area contributed by atoms with Crippen LogP contribution in [0.5, 0.6) is 0 Å². The molecule has 0 aliphatic heterocycles. The zero-order valence-electron chi connectivity index (χ0n) is 17.7. The number of hydrogen-bond donors (Lipinski definition) is 1. The van der Waals surface area contributed by atoms with Crippen molar-refractivity contribution in [2.45, 2.75) is 53.6 Å². The number of halogens is 1. The first-order valence-electron chi connectivity index (χ1n) is 10.2. The molecule has 1 amide bonds. The minimum Gasteiger partial charge on any atom is -0.350 e. The number of carbonyl (C=O) groups excluding carboxylic acids is 1. The number of nitrogens with zero attached hydrogens (tertiary/aromatic N) is 3. The van der Waals surface area contributed by atoms with E-state index < -0.39 is 0 Å². The average Bonchev–Trinajstić information content (AvgIpc) is 2.94. The van der Waals surface area contributed by atoms with E-state index in [0.29, 0.717) is 41.5 Å². The molecule has 2 rings (SSSR count). The third-order valence-corrected chi connectivity index (χ3v) is 5.42. The summed E-state index contributed by atoms with van der Waals surface area (Å²) in [6, 6.07) is 10.3. The van der Waals surface area contributed by atoms with Crippen LogP contribution in [-0.2, 0) is 6.54 Å². The Labute approximate surface area is 174 Å². The average molecular weight is 405 g/mol. The second-order valence-corrected chi connectivity index (χ2v) is 7.97. The molecule has 1 aromatic heterocycles. The molecule has 1 heterocycles. The van der Waals surface area contributed by atoms with Crippen LogP contribution in [0.4, 0.5) is 0 Å². The van der Waals surface area contributed by atoms with Gasteiger partial charge in [-0.1, -0.05) is 69.6 Å². The molecule has 2 aromatic rings. The van der Waals surface area contributed by atoms with Crippen LogP contribution < -0.4 is 5.32 Å². The summed E-state index contributed by atoms with van der Waals surface area (Å²) in [6.45, 7) is 13.7. The number of benzene rings is 1. The normalized spacial score (nSPS) is 12.6. The molecule has 1 atom stereocenters. The van der Waals surface area contributed by atoms with Gasteiger partial charge in [-0.05, 0) is 37.9 Å². The largest absolute Gasteiger partial charge is 0.350 e. The number of nitrogens with one attached hydrogen (secondary N) is 1. The lowest BCUT2D eigenvalue weighted by Crippen LogP contribution is -2.44. The lowest BCUT2D eigenvalue weighted by atomic mass is 10.0. The molecule has 154 valence electrons. The van der Waals surface area contributed by atoms with Gasteiger partial charge in [-0.15, -0.1) is 0 Å². The van der Waals surface area contributed by atoms with E-state index in [1.165, 1.54) is 0 Å². The quantitative estimate of drug-likeness (QED) is 0.639. The number of rotatable bonds is 10. The molecule has 0 radical (unpaired) electrons. The maximum atomic E-state index is 12.9. The Kier molecular flexibility index (Phi) is 8.52. The van der Waals surface area contributed by atoms with Gasteiger partial charge in [0.1, 0.15) is 5.15 Å². The predicted molar refractivity (Wildman–Crippen MR) is 116 cm³/mol. The Balaban J connectivity index is 2.10. The first kappa shape index (κ1) is 22.4. The summed E-state index contributed by atoms with van der Waals surface area (Å²) in [5.41, 5.74) is 2.22. The van der Waals surface area contributed by atoms with Crippen LogP contribution in [0.1, 0.15) is 55.7 Å². The van der Waals surface area contributed by atoms with Crippen molar-refractivity contribution in [3.8, 4) is 0 Å². The second kappa shape index (κ2) is 10.6. The summed E-state index contributed by atoms with van der Waals surface area (Å²) in [6.07, 6.45) is 1.04. The zero-order valence-corrected chi connectivity index (χ0v) is 18.5. The van der Waals surface area contributed by atoms with E-state index >= 15 is 0 Å². The predicted octanol–water partition coefficient (Wildman–Crippen LogP) is 4.38. The van der Waals surface area contributed by atoms with Gasteiger partial charge in [0.2, 0.25) is 0 Å². The van der Waals surface area contributed by atoms with Crippen LogP contribution >= 0.6 is 11.6 Å². The van der Waals surface area contributed by atoms with Gasteiger partial charge >= 0.3 is 0 Å². The van der Waals surface area contributed by atoms with Crippen molar-refractivity contribution in [2.24, 2.45) is 5.92 Å². The molecule has 0 fully saturated rings. The highest BCUT2D eigenvalue weighted by Gasteiger charge is 2.23. The SMILES string of the molecule is CCN(CC)C(CNC(=O)c1c(C)nn(Cc2ccccc2)c1Cl)CC(C)C. The minimum absolute atomic E-state index is 0.150.